The van der Waals surface area contributed by atoms with Crippen molar-refractivity contribution in [2.75, 3.05) is 13.2 Å². The minimum absolute atomic E-state index is 0.107. The monoisotopic (exact) mass is 236 g/mol. The summed E-state index contributed by atoms with van der Waals surface area (Å²) in [5, 5.41) is 18.4. The zero-order valence-corrected chi connectivity index (χ0v) is 8.85. The topological polar surface area (TPSA) is 49.7 Å². The molecule has 0 radical (unpaired) electrons. The van der Waals surface area contributed by atoms with E-state index in [0.717, 1.165) is 0 Å². The Balaban J connectivity index is 2.99. The van der Waals surface area contributed by atoms with Gasteiger partial charge >= 0.3 is 0 Å². The smallest absolute Gasteiger partial charge is 0.143 e. The minimum atomic E-state index is -0.207. The molecule has 0 bridgehead atoms. The van der Waals surface area contributed by atoms with Gasteiger partial charge in [0.1, 0.15) is 12.4 Å². The lowest BCUT2D eigenvalue weighted by atomic mass is 10.2. The highest BCUT2D eigenvalue weighted by Gasteiger charge is 2.09. The van der Waals surface area contributed by atoms with Crippen LogP contribution in [0, 0.1) is 0 Å². The lowest BCUT2D eigenvalue weighted by molar-refractivity contribution is 0.196. The van der Waals surface area contributed by atoms with Crippen LogP contribution in [0.4, 0.5) is 0 Å². The van der Waals surface area contributed by atoms with E-state index in [-0.39, 0.29) is 19.8 Å². The molecule has 5 heteroatoms. The first-order valence-corrected chi connectivity index (χ1v) is 4.77. The molecule has 0 aromatic heterocycles. The van der Waals surface area contributed by atoms with Crippen LogP contribution < -0.4 is 4.74 Å². The molecule has 1 rings (SSSR count). The molecule has 1 aromatic carbocycles. The van der Waals surface area contributed by atoms with Gasteiger partial charge in [-0.1, -0.05) is 23.2 Å². The van der Waals surface area contributed by atoms with Crippen molar-refractivity contribution in [1.82, 2.24) is 0 Å². The first-order chi connectivity index (χ1) is 6.69. The first kappa shape index (κ1) is 11.6. The van der Waals surface area contributed by atoms with Crippen molar-refractivity contribution in [3.63, 3.8) is 0 Å². The number of aliphatic hydroxyl groups is 2. The molecule has 0 amide bonds. The zero-order chi connectivity index (χ0) is 10.6. The van der Waals surface area contributed by atoms with Crippen LogP contribution in [0.5, 0.6) is 5.75 Å². The fourth-order valence-corrected chi connectivity index (χ4v) is 1.63. The molecule has 0 saturated carbocycles. The number of halogens is 2. The van der Waals surface area contributed by atoms with E-state index in [0.29, 0.717) is 21.4 Å². The first-order valence-electron chi connectivity index (χ1n) is 4.01. The third kappa shape index (κ3) is 2.75. The quantitative estimate of drug-likeness (QED) is 0.840. The zero-order valence-electron chi connectivity index (χ0n) is 7.33. The summed E-state index contributed by atoms with van der Waals surface area (Å²) in [7, 11) is 0. The second-order valence-corrected chi connectivity index (χ2v) is 3.45. The molecule has 14 heavy (non-hydrogen) atoms. The molecule has 0 aliphatic heterocycles. The summed E-state index contributed by atoms with van der Waals surface area (Å²) in [4.78, 5) is 0. The molecule has 0 atom stereocenters. The Morgan fingerprint density at radius 2 is 1.93 bits per heavy atom. The average Bonchev–Trinajstić information content (AvgIpc) is 2.15. The number of hydrogen-bond donors (Lipinski definition) is 2. The summed E-state index contributed by atoms with van der Waals surface area (Å²) in [6.45, 7) is -0.181. The predicted octanol–water partition coefficient (Wildman–Crippen LogP) is 1.86. The van der Waals surface area contributed by atoms with E-state index in [1.807, 2.05) is 0 Å². The van der Waals surface area contributed by atoms with Crippen LogP contribution in [0.1, 0.15) is 5.56 Å². The van der Waals surface area contributed by atoms with Crippen LogP contribution >= 0.6 is 23.2 Å². The summed E-state index contributed by atoms with van der Waals surface area (Å²) in [6.07, 6.45) is 0. The van der Waals surface area contributed by atoms with E-state index in [4.69, 9.17) is 38.2 Å². The number of hydrogen-bond acceptors (Lipinski definition) is 3. The van der Waals surface area contributed by atoms with E-state index in [9.17, 15) is 0 Å². The molecule has 3 nitrogen and oxygen atoms in total. The maximum absolute atomic E-state index is 9.01. The number of benzene rings is 1. The maximum atomic E-state index is 9.01. The van der Waals surface area contributed by atoms with E-state index < -0.39 is 0 Å². The molecule has 0 heterocycles. The Morgan fingerprint density at radius 3 is 2.50 bits per heavy atom. The molecule has 0 fully saturated rings. The lowest BCUT2D eigenvalue weighted by Gasteiger charge is -2.11. The van der Waals surface area contributed by atoms with Gasteiger partial charge in [0, 0.05) is 10.6 Å². The summed E-state index contributed by atoms with van der Waals surface area (Å²) in [5.41, 5.74) is 0.510. The maximum Gasteiger partial charge on any atom is 0.143 e. The van der Waals surface area contributed by atoms with Crippen LogP contribution in [0.15, 0.2) is 12.1 Å². The molecular formula is C9H10Cl2O3. The molecule has 0 aliphatic carbocycles. The second-order valence-electron chi connectivity index (χ2n) is 2.61. The third-order valence-electron chi connectivity index (χ3n) is 1.59. The predicted molar refractivity (Wildman–Crippen MR) is 55.0 cm³/mol. The molecular weight excluding hydrogens is 227 g/mol. The summed E-state index contributed by atoms with van der Waals surface area (Å²) in [6, 6.07) is 3.09. The Morgan fingerprint density at radius 1 is 1.21 bits per heavy atom. The van der Waals surface area contributed by atoms with Crippen molar-refractivity contribution in [3.05, 3.63) is 27.7 Å². The van der Waals surface area contributed by atoms with E-state index in [2.05, 4.69) is 0 Å². The average molecular weight is 237 g/mol. The Kier molecular flexibility index (Phi) is 4.48. The highest BCUT2D eigenvalue weighted by atomic mass is 35.5. The van der Waals surface area contributed by atoms with Crippen LogP contribution in [-0.4, -0.2) is 23.4 Å². The van der Waals surface area contributed by atoms with Crippen molar-refractivity contribution in [1.29, 1.82) is 0 Å². The fourth-order valence-electron chi connectivity index (χ4n) is 1.04. The highest BCUT2D eigenvalue weighted by molar-refractivity contribution is 6.35. The van der Waals surface area contributed by atoms with Gasteiger partial charge in [0.05, 0.1) is 18.2 Å². The lowest BCUT2D eigenvalue weighted by Crippen LogP contribution is -2.04. The van der Waals surface area contributed by atoms with Crippen molar-refractivity contribution in [2.24, 2.45) is 0 Å². The summed E-state index contributed by atoms with van der Waals surface area (Å²) in [5.74, 6) is 0.368. The Bertz CT molecular complexity index is 315. The van der Waals surface area contributed by atoms with Crippen LogP contribution in [0.3, 0.4) is 0 Å². The fraction of sp³-hybridized carbons (Fsp3) is 0.333. The minimum Gasteiger partial charge on any atom is -0.489 e. The van der Waals surface area contributed by atoms with Gasteiger partial charge in [-0.15, -0.1) is 0 Å². The molecule has 0 aliphatic rings. The van der Waals surface area contributed by atoms with Gasteiger partial charge in [0.25, 0.3) is 0 Å². The second kappa shape index (κ2) is 5.41. The number of aliphatic hydroxyl groups excluding tert-OH is 2. The van der Waals surface area contributed by atoms with Gasteiger partial charge in [-0.05, 0) is 12.1 Å². The molecule has 2 N–H and O–H groups in total. The summed E-state index contributed by atoms with van der Waals surface area (Å²) < 4.78 is 5.16. The van der Waals surface area contributed by atoms with Gasteiger partial charge < -0.3 is 14.9 Å². The van der Waals surface area contributed by atoms with Gasteiger partial charge in [-0.25, -0.2) is 0 Å². The van der Waals surface area contributed by atoms with E-state index in [1.165, 1.54) is 6.07 Å². The van der Waals surface area contributed by atoms with Crippen molar-refractivity contribution >= 4 is 23.2 Å². The summed E-state index contributed by atoms with van der Waals surface area (Å²) >= 11 is 11.6. The Labute approximate surface area is 91.8 Å². The highest BCUT2D eigenvalue weighted by Crippen LogP contribution is 2.32. The largest absolute Gasteiger partial charge is 0.489 e. The molecule has 1 aromatic rings. The third-order valence-corrected chi connectivity index (χ3v) is 2.09. The van der Waals surface area contributed by atoms with E-state index in [1.54, 1.807) is 6.07 Å². The van der Waals surface area contributed by atoms with Crippen LogP contribution in [0.2, 0.25) is 10.0 Å². The van der Waals surface area contributed by atoms with Crippen molar-refractivity contribution in [2.45, 2.75) is 6.61 Å². The van der Waals surface area contributed by atoms with Crippen LogP contribution in [-0.2, 0) is 6.61 Å². The van der Waals surface area contributed by atoms with Crippen molar-refractivity contribution < 1.29 is 14.9 Å². The van der Waals surface area contributed by atoms with Gasteiger partial charge in [-0.2, -0.15) is 0 Å². The standard InChI is InChI=1S/C9H10Cl2O3/c10-7-3-6(5-13)9(8(11)4-7)14-2-1-12/h3-4,12-13H,1-2,5H2. The van der Waals surface area contributed by atoms with Crippen molar-refractivity contribution in [3.8, 4) is 5.75 Å². The van der Waals surface area contributed by atoms with E-state index >= 15 is 0 Å². The molecule has 0 unspecified atom stereocenters. The molecule has 0 spiro atoms. The van der Waals surface area contributed by atoms with Gasteiger partial charge in [-0.3, -0.25) is 0 Å². The SMILES string of the molecule is OCCOc1c(Cl)cc(Cl)cc1CO. The normalized spacial score (nSPS) is 10.3. The van der Waals surface area contributed by atoms with Crippen LogP contribution in [0.25, 0.3) is 0 Å². The van der Waals surface area contributed by atoms with Gasteiger partial charge in [0.2, 0.25) is 0 Å². The number of ether oxygens (including phenoxy) is 1. The van der Waals surface area contributed by atoms with Gasteiger partial charge in [0.15, 0.2) is 0 Å². The molecule has 0 saturated heterocycles. The Hall–Kier alpha value is -0.480. The molecule has 78 valence electrons. The number of rotatable bonds is 4.